The fourth-order valence-electron chi connectivity index (χ4n) is 2.98. The predicted molar refractivity (Wildman–Crippen MR) is 89.6 cm³/mol. The highest BCUT2D eigenvalue weighted by atomic mass is 79.9. The number of alkyl halides is 1. The number of rotatable bonds is 5. The molecule has 1 aliphatic heterocycles. The predicted octanol–water partition coefficient (Wildman–Crippen LogP) is 4.86. The molecule has 1 aromatic rings. The summed E-state index contributed by atoms with van der Waals surface area (Å²) in [6, 6.07) is 4.11. The zero-order valence-electron chi connectivity index (χ0n) is 12.1. The van der Waals surface area contributed by atoms with Gasteiger partial charge in [-0.15, -0.1) is 0 Å². The third-order valence-corrected chi connectivity index (χ3v) is 5.69. The molecule has 1 fully saturated rings. The van der Waals surface area contributed by atoms with Gasteiger partial charge in [0.2, 0.25) is 0 Å². The Bertz CT molecular complexity index is 501. The maximum absolute atomic E-state index is 5.68. The Morgan fingerprint density at radius 1 is 1.24 bits per heavy atom. The van der Waals surface area contributed by atoms with E-state index in [1.807, 2.05) is 6.07 Å². The van der Waals surface area contributed by atoms with E-state index in [0.717, 1.165) is 34.9 Å². The molecule has 21 heavy (non-hydrogen) atoms. The van der Waals surface area contributed by atoms with E-state index in [4.69, 9.17) is 14.2 Å². The van der Waals surface area contributed by atoms with Gasteiger partial charge < -0.3 is 14.2 Å². The summed E-state index contributed by atoms with van der Waals surface area (Å²) in [6.07, 6.45) is 3.96. The minimum Gasteiger partial charge on any atom is -0.486 e. The minimum absolute atomic E-state index is 0.329. The number of hydrogen-bond acceptors (Lipinski definition) is 3. The van der Waals surface area contributed by atoms with Crippen LogP contribution in [-0.2, 0) is 4.74 Å². The highest BCUT2D eigenvalue weighted by Gasteiger charge is 2.32. The van der Waals surface area contributed by atoms with Gasteiger partial charge in [0.15, 0.2) is 11.5 Å². The molecule has 1 aromatic carbocycles. The van der Waals surface area contributed by atoms with Gasteiger partial charge in [-0.05, 0) is 49.8 Å². The van der Waals surface area contributed by atoms with E-state index in [2.05, 4.69) is 44.8 Å². The third-order valence-electron chi connectivity index (χ3n) is 4.13. The molecule has 1 saturated carbocycles. The molecule has 0 bridgehead atoms. The third kappa shape index (κ3) is 3.57. The summed E-state index contributed by atoms with van der Waals surface area (Å²) in [5, 5.41) is 0. The van der Waals surface area contributed by atoms with Crippen LogP contribution in [0, 0.1) is 5.92 Å². The highest BCUT2D eigenvalue weighted by molar-refractivity contribution is 9.11. The van der Waals surface area contributed by atoms with Crippen molar-refractivity contribution in [1.29, 1.82) is 0 Å². The van der Waals surface area contributed by atoms with Crippen molar-refractivity contribution >= 4 is 31.9 Å². The SMILES string of the molecule is CCOC1CC(CC(Br)c2cc3c(cc2Br)OCCO3)C1. The van der Waals surface area contributed by atoms with Gasteiger partial charge in [-0.25, -0.2) is 0 Å². The number of halogens is 2. The number of ether oxygens (including phenoxy) is 3. The van der Waals surface area contributed by atoms with Crippen molar-refractivity contribution in [2.45, 2.75) is 37.1 Å². The van der Waals surface area contributed by atoms with Crippen molar-refractivity contribution in [3.05, 3.63) is 22.2 Å². The second-order valence-electron chi connectivity index (χ2n) is 5.64. The second kappa shape index (κ2) is 6.88. The average molecular weight is 420 g/mol. The summed E-state index contributed by atoms with van der Waals surface area (Å²) in [4.78, 5) is 0.329. The molecule has 0 aromatic heterocycles. The van der Waals surface area contributed by atoms with E-state index in [-0.39, 0.29) is 0 Å². The first kappa shape index (κ1) is 15.6. The molecule has 0 radical (unpaired) electrons. The van der Waals surface area contributed by atoms with E-state index in [1.165, 1.54) is 18.4 Å². The molecule has 0 spiro atoms. The molecule has 3 rings (SSSR count). The van der Waals surface area contributed by atoms with E-state index >= 15 is 0 Å². The minimum atomic E-state index is 0.329. The quantitative estimate of drug-likeness (QED) is 0.637. The lowest BCUT2D eigenvalue weighted by Crippen LogP contribution is -2.31. The van der Waals surface area contributed by atoms with Gasteiger partial charge in [-0.3, -0.25) is 0 Å². The normalized spacial score (nSPS) is 25.3. The lowest BCUT2D eigenvalue weighted by atomic mass is 9.78. The number of hydrogen-bond donors (Lipinski definition) is 0. The lowest BCUT2D eigenvalue weighted by molar-refractivity contribution is -0.0264. The van der Waals surface area contributed by atoms with Crippen LogP contribution in [0.15, 0.2) is 16.6 Å². The van der Waals surface area contributed by atoms with Crippen LogP contribution in [0.25, 0.3) is 0 Å². The zero-order valence-corrected chi connectivity index (χ0v) is 15.3. The second-order valence-corrected chi connectivity index (χ2v) is 7.60. The molecule has 5 heteroatoms. The Balaban J connectivity index is 1.63. The smallest absolute Gasteiger partial charge is 0.162 e. The zero-order chi connectivity index (χ0) is 14.8. The van der Waals surface area contributed by atoms with E-state index in [9.17, 15) is 0 Å². The number of fused-ring (bicyclic) bond motifs is 1. The van der Waals surface area contributed by atoms with Crippen LogP contribution in [0.5, 0.6) is 11.5 Å². The molecule has 116 valence electrons. The summed E-state index contributed by atoms with van der Waals surface area (Å²) in [5.41, 5.74) is 1.24. The van der Waals surface area contributed by atoms with Crippen LogP contribution in [0.4, 0.5) is 0 Å². The molecule has 0 N–H and O–H groups in total. The molecule has 3 nitrogen and oxygen atoms in total. The Morgan fingerprint density at radius 2 is 1.90 bits per heavy atom. The fraction of sp³-hybridized carbons (Fsp3) is 0.625. The Morgan fingerprint density at radius 3 is 2.57 bits per heavy atom. The van der Waals surface area contributed by atoms with E-state index in [1.54, 1.807) is 0 Å². The molecule has 2 aliphatic rings. The first-order valence-corrected chi connectivity index (χ1v) is 9.23. The standard InChI is InChI=1S/C16H20Br2O3/c1-2-19-11-5-10(6-11)7-13(17)12-8-15-16(9-14(12)18)21-4-3-20-15/h8-11,13H,2-7H2,1H3. The van der Waals surface area contributed by atoms with Crippen LogP contribution in [0.3, 0.4) is 0 Å². The first-order valence-electron chi connectivity index (χ1n) is 7.52. The van der Waals surface area contributed by atoms with Gasteiger partial charge in [-0.1, -0.05) is 31.9 Å². The summed E-state index contributed by atoms with van der Waals surface area (Å²) in [5.74, 6) is 2.42. The average Bonchev–Trinajstić information content (AvgIpc) is 2.44. The maximum atomic E-state index is 5.68. The summed E-state index contributed by atoms with van der Waals surface area (Å²) >= 11 is 7.48. The Hall–Kier alpha value is -0.260. The lowest BCUT2D eigenvalue weighted by Gasteiger charge is -2.36. The molecule has 1 unspecified atom stereocenters. The van der Waals surface area contributed by atoms with E-state index < -0.39 is 0 Å². The van der Waals surface area contributed by atoms with Gasteiger partial charge in [0.1, 0.15) is 13.2 Å². The van der Waals surface area contributed by atoms with Crippen molar-refractivity contribution in [3.63, 3.8) is 0 Å². The van der Waals surface area contributed by atoms with Crippen LogP contribution >= 0.6 is 31.9 Å². The van der Waals surface area contributed by atoms with Gasteiger partial charge >= 0.3 is 0 Å². The highest BCUT2D eigenvalue weighted by Crippen LogP contribution is 2.45. The first-order chi connectivity index (χ1) is 10.2. The summed E-state index contributed by atoms with van der Waals surface area (Å²) in [7, 11) is 0. The van der Waals surface area contributed by atoms with Crippen molar-refractivity contribution in [2.75, 3.05) is 19.8 Å². The Kier molecular flexibility index (Phi) is 5.12. The maximum Gasteiger partial charge on any atom is 0.162 e. The monoisotopic (exact) mass is 418 g/mol. The number of benzene rings is 1. The van der Waals surface area contributed by atoms with Crippen molar-refractivity contribution in [3.8, 4) is 11.5 Å². The van der Waals surface area contributed by atoms with Crippen LogP contribution in [0.2, 0.25) is 0 Å². The van der Waals surface area contributed by atoms with Crippen LogP contribution in [0.1, 0.15) is 36.6 Å². The van der Waals surface area contributed by atoms with Gasteiger partial charge in [0.05, 0.1) is 6.10 Å². The van der Waals surface area contributed by atoms with Crippen LogP contribution in [-0.4, -0.2) is 25.9 Å². The fourth-order valence-corrected chi connectivity index (χ4v) is 4.79. The Labute approximate surface area is 142 Å². The van der Waals surface area contributed by atoms with Gasteiger partial charge in [0, 0.05) is 15.9 Å². The molecular weight excluding hydrogens is 400 g/mol. The van der Waals surface area contributed by atoms with Crippen molar-refractivity contribution < 1.29 is 14.2 Å². The van der Waals surface area contributed by atoms with Crippen LogP contribution < -0.4 is 9.47 Å². The molecule has 1 heterocycles. The molecular formula is C16H20Br2O3. The molecule has 1 aliphatic carbocycles. The van der Waals surface area contributed by atoms with Crippen molar-refractivity contribution in [2.24, 2.45) is 5.92 Å². The largest absolute Gasteiger partial charge is 0.486 e. The summed E-state index contributed by atoms with van der Waals surface area (Å²) < 4.78 is 18.0. The molecule has 1 atom stereocenters. The van der Waals surface area contributed by atoms with Gasteiger partial charge in [0.25, 0.3) is 0 Å². The molecule has 0 amide bonds. The summed E-state index contributed by atoms with van der Waals surface area (Å²) in [6.45, 7) is 4.13. The van der Waals surface area contributed by atoms with Gasteiger partial charge in [-0.2, -0.15) is 0 Å². The van der Waals surface area contributed by atoms with E-state index in [0.29, 0.717) is 24.1 Å². The topological polar surface area (TPSA) is 27.7 Å². The van der Waals surface area contributed by atoms with Crippen molar-refractivity contribution in [1.82, 2.24) is 0 Å². The molecule has 0 saturated heterocycles.